The molecule has 122 valence electrons. The average molecular weight is 328 g/mol. The largest absolute Gasteiger partial charge is 0.352 e. The summed E-state index contributed by atoms with van der Waals surface area (Å²) in [5, 5.41) is 2.76. The highest BCUT2D eigenvalue weighted by atomic mass is 32.2. The quantitative estimate of drug-likeness (QED) is 0.891. The van der Waals surface area contributed by atoms with Crippen LogP contribution in [0.15, 0.2) is 24.3 Å². The SMILES string of the molecule is CCS(=O)(=O)N1CCC[C@@H](C(=O)NCc2cccc(F)c2)C1. The number of carbonyl (C=O) groups excluding carboxylic acids is 1. The van der Waals surface area contributed by atoms with Gasteiger partial charge in [0.05, 0.1) is 11.7 Å². The first-order chi connectivity index (χ1) is 10.4. The molecule has 1 aliphatic rings. The van der Waals surface area contributed by atoms with Crippen LogP contribution in [0, 0.1) is 11.7 Å². The van der Waals surface area contributed by atoms with E-state index in [9.17, 15) is 17.6 Å². The second-order valence-corrected chi connectivity index (χ2v) is 7.70. The lowest BCUT2D eigenvalue weighted by atomic mass is 9.99. The van der Waals surface area contributed by atoms with Crippen molar-refractivity contribution in [1.29, 1.82) is 0 Å². The first-order valence-electron chi connectivity index (χ1n) is 7.42. The van der Waals surface area contributed by atoms with Crippen molar-refractivity contribution in [2.75, 3.05) is 18.8 Å². The molecule has 1 heterocycles. The van der Waals surface area contributed by atoms with Crippen molar-refractivity contribution in [3.63, 3.8) is 0 Å². The van der Waals surface area contributed by atoms with Gasteiger partial charge in [-0.05, 0) is 37.5 Å². The zero-order chi connectivity index (χ0) is 16.2. The Morgan fingerprint density at radius 3 is 2.91 bits per heavy atom. The molecule has 0 bridgehead atoms. The summed E-state index contributed by atoms with van der Waals surface area (Å²) >= 11 is 0. The van der Waals surface area contributed by atoms with Gasteiger partial charge in [-0.1, -0.05) is 12.1 Å². The predicted octanol–water partition coefficient (Wildman–Crippen LogP) is 1.50. The fourth-order valence-corrected chi connectivity index (χ4v) is 3.75. The predicted molar refractivity (Wildman–Crippen MR) is 82.0 cm³/mol. The van der Waals surface area contributed by atoms with Crippen LogP contribution in [0.2, 0.25) is 0 Å². The Kier molecular flexibility index (Phi) is 5.52. The molecule has 0 aromatic heterocycles. The molecule has 5 nitrogen and oxygen atoms in total. The van der Waals surface area contributed by atoms with Crippen molar-refractivity contribution in [3.8, 4) is 0 Å². The van der Waals surface area contributed by atoms with Gasteiger partial charge in [-0.15, -0.1) is 0 Å². The van der Waals surface area contributed by atoms with Crippen LogP contribution in [0.25, 0.3) is 0 Å². The zero-order valence-electron chi connectivity index (χ0n) is 12.6. The lowest BCUT2D eigenvalue weighted by Crippen LogP contribution is -2.45. The minimum absolute atomic E-state index is 0.0463. The Balaban J connectivity index is 1.92. The van der Waals surface area contributed by atoms with Gasteiger partial charge < -0.3 is 5.32 Å². The second kappa shape index (κ2) is 7.19. The number of sulfonamides is 1. The molecule has 1 N–H and O–H groups in total. The van der Waals surface area contributed by atoms with Crippen molar-refractivity contribution in [1.82, 2.24) is 9.62 Å². The molecule has 1 aliphatic heterocycles. The highest BCUT2D eigenvalue weighted by Gasteiger charge is 2.31. The average Bonchev–Trinajstić information content (AvgIpc) is 2.53. The Morgan fingerprint density at radius 2 is 2.23 bits per heavy atom. The molecule has 1 aromatic rings. The number of hydrogen-bond donors (Lipinski definition) is 1. The molecular formula is C15H21FN2O3S. The molecule has 0 saturated carbocycles. The Labute approximate surface area is 130 Å². The molecule has 22 heavy (non-hydrogen) atoms. The van der Waals surface area contributed by atoms with Gasteiger partial charge in [0, 0.05) is 19.6 Å². The van der Waals surface area contributed by atoms with Gasteiger partial charge in [-0.25, -0.2) is 17.1 Å². The van der Waals surface area contributed by atoms with Crippen LogP contribution in [0.1, 0.15) is 25.3 Å². The van der Waals surface area contributed by atoms with Crippen LogP contribution in [-0.4, -0.2) is 37.5 Å². The van der Waals surface area contributed by atoms with Gasteiger partial charge in [0.1, 0.15) is 5.82 Å². The normalized spacial score (nSPS) is 19.8. The first kappa shape index (κ1) is 16.9. The number of hydrogen-bond acceptors (Lipinski definition) is 3. The van der Waals surface area contributed by atoms with Crippen LogP contribution in [-0.2, 0) is 21.4 Å². The fraction of sp³-hybridized carbons (Fsp3) is 0.533. The van der Waals surface area contributed by atoms with Crippen LogP contribution < -0.4 is 5.32 Å². The maximum Gasteiger partial charge on any atom is 0.224 e. The summed E-state index contributed by atoms with van der Waals surface area (Å²) in [6.45, 7) is 2.55. The molecule has 7 heteroatoms. The van der Waals surface area contributed by atoms with E-state index in [0.29, 0.717) is 24.9 Å². The maximum absolute atomic E-state index is 13.1. The number of nitrogens with zero attached hydrogens (tertiary/aromatic N) is 1. The number of benzene rings is 1. The second-order valence-electron chi connectivity index (χ2n) is 5.45. The van der Waals surface area contributed by atoms with Gasteiger partial charge >= 0.3 is 0 Å². The summed E-state index contributed by atoms with van der Waals surface area (Å²) in [6, 6.07) is 6.04. The van der Waals surface area contributed by atoms with E-state index in [4.69, 9.17) is 0 Å². The summed E-state index contributed by atoms with van der Waals surface area (Å²) in [4.78, 5) is 12.2. The standard InChI is InChI=1S/C15H21FN2O3S/c1-2-22(20,21)18-8-4-6-13(11-18)15(19)17-10-12-5-3-7-14(16)9-12/h3,5,7,9,13H,2,4,6,8,10-11H2,1H3,(H,17,19)/t13-/m1/s1. The van der Waals surface area contributed by atoms with E-state index < -0.39 is 10.0 Å². The van der Waals surface area contributed by atoms with Crippen molar-refractivity contribution in [2.45, 2.75) is 26.3 Å². The highest BCUT2D eigenvalue weighted by molar-refractivity contribution is 7.89. The van der Waals surface area contributed by atoms with Gasteiger partial charge in [0.15, 0.2) is 0 Å². The van der Waals surface area contributed by atoms with E-state index in [-0.39, 0.29) is 36.5 Å². The molecule has 1 fully saturated rings. The topological polar surface area (TPSA) is 66.5 Å². The monoisotopic (exact) mass is 328 g/mol. The van der Waals surface area contributed by atoms with Gasteiger partial charge in [-0.3, -0.25) is 4.79 Å². The van der Waals surface area contributed by atoms with E-state index in [0.717, 1.165) is 0 Å². The number of rotatable bonds is 5. The summed E-state index contributed by atoms with van der Waals surface area (Å²) in [7, 11) is -3.26. The summed E-state index contributed by atoms with van der Waals surface area (Å²) in [6.07, 6.45) is 1.35. The lowest BCUT2D eigenvalue weighted by molar-refractivity contribution is -0.126. The molecule has 0 aliphatic carbocycles. The third-order valence-corrected chi connectivity index (χ3v) is 5.72. The number of amides is 1. The molecule has 1 saturated heterocycles. The maximum atomic E-state index is 13.1. The molecule has 0 radical (unpaired) electrons. The fourth-order valence-electron chi connectivity index (χ4n) is 2.57. The Hall–Kier alpha value is -1.47. The van der Waals surface area contributed by atoms with Gasteiger partial charge in [-0.2, -0.15) is 0 Å². The number of piperidine rings is 1. The first-order valence-corrected chi connectivity index (χ1v) is 9.03. The molecular weight excluding hydrogens is 307 g/mol. The van der Waals surface area contributed by atoms with E-state index in [1.165, 1.54) is 16.4 Å². The molecule has 0 unspecified atom stereocenters. The molecule has 1 atom stereocenters. The van der Waals surface area contributed by atoms with E-state index in [2.05, 4.69) is 5.32 Å². The number of carbonyl (C=O) groups is 1. The van der Waals surface area contributed by atoms with Crippen LogP contribution >= 0.6 is 0 Å². The summed E-state index contributed by atoms with van der Waals surface area (Å²) in [5.41, 5.74) is 0.683. The van der Waals surface area contributed by atoms with E-state index >= 15 is 0 Å². The van der Waals surface area contributed by atoms with Crippen LogP contribution in [0.3, 0.4) is 0 Å². The van der Waals surface area contributed by atoms with Gasteiger partial charge in [0.25, 0.3) is 0 Å². The van der Waals surface area contributed by atoms with Crippen LogP contribution in [0.5, 0.6) is 0 Å². The van der Waals surface area contributed by atoms with Crippen molar-refractivity contribution in [2.24, 2.45) is 5.92 Å². The molecule has 0 spiro atoms. The number of halogens is 1. The third kappa shape index (κ3) is 4.27. The van der Waals surface area contributed by atoms with Crippen LogP contribution in [0.4, 0.5) is 4.39 Å². The van der Waals surface area contributed by atoms with Gasteiger partial charge in [0.2, 0.25) is 15.9 Å². The van der Waals surface area contributed by atoms with Crippen molar-refractivity contribution >= 4 is 15.9 Å². The molecule has 2 rings (SSSR count). The number of nitrogens with one attached hydrogen (secondary N) is 1. The van der Waals surface area contributed by atoms with E-state index in [1.54, 1.807) is 19.1 Å². The van der Waals surface area contributed by atoms with E-state index in [1.807, 2.05) is 0 Å². The summed E-state index contributed by atoms with van der Waals surface area (Å²) < 4.78 is 38.3. The Morgan fingerprint density at radius 1 is 1.45 bits per heavy atom. The minimum atomic E-state index is -3.26. The molecule has 1 aromatic carbocycles. The smallest absolute Gasteiger partial charge is 0.224 e. The highest BCUT2D eigenvalue weighted by Crippen LogP contribution is 2.19. The zero-order valence-corrected chi connectivity index (χ0v) is 13.4. The van der Waals surface area contributed by atoms with Crippen molar-refractivity contribution in [3.05, 3.63) is 35.6 Å². The lowest BCUT2D eigenvalue weighted by Gasteiger charge is -2.30. The van der Waals surface area contributed by atoms with Crippen molar-refractivity contribution < 1.29 is 17.6 Å². The third-order valence-electron chi connectivity index (χ3n) is 3.87. The Bertz CT molecular complexity index is 633. The molecule has 1 amide bonds. The minimum Gasteiger partial charge on any atom is -0.352 e. The summed E-state index contributed by atoms with van der Waals surface area (Å²) in [5.74, 6) is -0.821.